The van der Waals surface area contributed by atoms with Crippen molar-refractivity contribution in [1.29, 1.82) is 0 Å². The first-order valence-electron chi connectivity index (χ1n) is 11.5. The number of hydrogen-bond donors (Lipinski definition) is 3. The van der Waals surface area contributed by atoms with Crippen molar-refractivity contribution >= 4 is 5.78 Å². The molecule has 3 N–H and O–H groups in total. The molecular weight excluding hydrogens is 340 g/mol. The maximum atomic E-state index is 12.3. The van der Waals surface area contributed by atoms with E-state index in [0.717, 1.165) is 44.9 Å². The summed E-state index contributed by atoms with van der Waals surface area (Å²) < 4.78 is 0. The van der Waals surface area contributed by atoms with Crippen molar-refractivity contribution in [2.24, 2.45) is 0 Å². The lowest BCUT2D eigenvalue weighted by molar-refractivity contribution is -0.156. The molecule has 2 unspecified atom stereocenters. The van der Waals surface area contributed by atoms with Gasteiger partial charge in [0.25, 0.3) is 0 Å². The lowest BCUT2D eigenvalue weighted by atomic mass is 9.82. The van der Waals surface area contributed by atoms with Crippen LogP contribution in [0.2, 0.25) is 0 Å². The quantitative estimate of drug-likeness (QED) is 0.263. The van der Waals surface area contributed by atoms with Crippen LogP contribution in [0.25, 0.3) is 0 Å². The van der Waals surface area contributed by atoms with Crippen LogP contribution in [0.3, 0.4) is 0 Å². The summed E-state index contributed by atoms with van der Waals surface area (Å²) in [6.45, 7) is 6.27. The van der Waals surface area contributed by atoms with Crippen LogP contribution >= 0.6 is 0 Å². The third-order valence-corrected chi connectivity index (χ3v) is 5.63. The summed E-state index contributed by atoms with van der Waals surface area (Å²) in [5.74, 6) is -0.336. The first-order valence-corrected chi connectivity index (χ1v) is 11.5. The largest absolute Gasteiger partial charge is 0.387 e. The number of ketones is 1. The molecule has 0 aliphatic rings. The molecule has 4 nitrogen and oxygen atoms in total. The van der Waals surface area contributed by atoms with Crippen molar-refractivity contribution in [3.63, 3.8) is 0 Å². The van der Waals surface area contributed by atoms with Gasteiger partial charge in [-0.1, -0.05) is 97.8 Å². The zero-order valence-corrected chi connectivity index (χ0v) is 18.2. The molecule has 0 aromatic heterocycles. The Bertz CT molecular complexity index is 348. The molecule has 27 heavy (non-hydrogen) atoms. The van der Waals surface area contributed by atoms with Crippen LogP contribution < -0.4 is 0 Å². The summed E-state index contributed by atoms with van der Waals surface area (Å²) in [5, 5.41) is 31.6. The van der Waals surface area contributed by atoms with E-state index >= 15 is 0 Å². The van der Waals surface area contributed by atoms with E-state index in [4.69, 9.17) is 0 Å². The molecule has 0 fully saturated rings. The van der Waals surface area contributed by atoms with E-state index in [2.05, 4.69) is 6.92 Å². The van der Waals surface area contributed by atoms with E-state index < -0.39 is 17.8 Å². The molecular formula is C23H46O4. The summed E-state index contributed by atoms with van der Waals surface area (Å²) in [6, 6.07) is 0. The monoisotopic (exact) mass is 386 g/mol. The molecule has 0 saturated carbocycles. The van der Waals surface area contributed by atoms with Gasteiger partial charge in [0.05, 0.1) is 5.60 Å². The highest BCUT2D eigenvalue weighted by Crippen LogP contribution is 2.28. The van der Waals surface area contributed by atoms with Gasteiger partial charge in [0.1, 0.15) is 12.2 Å². The predicted molar refractivity (Wildman–Crippen MR) is 113 cm³/mol. The van der Waals surface area contributed by atoms with Crippen molar-refractivity contribution in [3.8, 4) is 0 Å². The summed E-state index contributed by atoms with van der Waals surface area (Å²) in [6.07, 6.45) is 12.1. The van der Waals surface area contributed by atoms with E-state index in [1.54, 1.807) is 0 Å². The van der Waals surface area contributed by atoms with Crippen LogP contribution in [-0.2, 0) is 4.79 Å². The lowest BCUT2D eigenvalue weighted by Crippen LogP contribution is -2.51. The van der Waals surface area contributed by atoms with Crippen molar-refractivity contribution < 1.29 is 20.1 Å². The van der Waals surface area contributed by atoms with Gasteiger partial charge in [-0.05, 0) is 19.3 Å². The highest BCUT2D eigenvalue weighted by Gasteiger charge is 2.41. The zero-order chi connectivity index (χ0) is 20.5. The third-order valence-electron chi connectivity index (χ3n) is 5.63. The number of unbranched alkanes of at least 4 members (excludes halogenated alkanes) is 10. The predicted octanol–water partition coefficient (Wildman–Crippen LogP) is 5.31. The second-order valence-corrected chi connectivity index (χ2v) is 8.25. The number of carbonyl (C=O) groups excluding carboxylic acids is 1. The van der Waals surface area contributed by atoms with Crippen molar-refractivity contribution in [1.82, 2.24) is 0 Å². The first-order chi connectivity index (χ1) is 12.9. The zero-order valence-electron chi connectivity index (χ0n) is 18.2. The summed E-state index contributed by atoms with van der Waals surface area (Å²) in [5.41, 5.74) is -1.36. The van der Waals surface area contributed by atoms with Gasteiger partial charge in [-0.25, -0.2) is 0 Å². The molecule has 4 heteroatoms. The molecule has 0 aliphatic heterocycles. The Morgan fingerprint density at radius 1 is 0.704 bits per heavy atom. The normalized spacial score (nSPS) is 14.3. The van der Waals surface area contributed by atoms with Crippen LogP contribution in [-0.4, -0.2) is 38.9 Å². The van der Waals surface area contributed by atoms with Crippen molar-refractivity contribution in [2.75, 3.05) is 0 Å². The van der Waals surface area contributed by atoms with Gasteiger partial charge in [0.2, 0.25) is 0 Å². The maximum Gasteiger partial charge on any atom is 0.164 e. The van der Waals surface area contributed by atoms with Crippen molar-refractivity contribution in [2.45, 2.75) is 141 Å². The Labute approximate surface area is 167 Å². The van der Waals surface area contributed by atoms with Crippen LogP contribution in [0, 0.1) is 0 Å². The molecule has 0 aliphatic carbocycles. The second-order valence-electron chi connectivity index (χ2n) is 8.25. The molecule has 0 amide bonds. The van der Waals surface area contributed by atoms with Gasteiger partial charge >= 0.3 is 0 Å². The first kappa shape index (κ1) is 26.6. The smallest absolute Gasteiger partial charge is 0.164 e. The fourth-order valence-electron chi connectivity index (χ4n) is 3.61. The summed E-state index contributed by atoms with van der Waals surface area (Å²) in [7, 11) is 0. The average Bonchev–Trinajstić information content (AvgIpc) is 2.68. The van der Waals surface area contributed by atoms with Crippen LogP contribution in [0.15, 0.2) is 0 Å². The molecule has 0 aromatic rings. The van der Waals surface area contributed by atoms with E-state index in [1.165, 1.54) is 38.5 Å². The topological polar surface area (TPSA) is 77.8 Å². The fraction of sp³-hybridized carbons (Fsp3) is 0.957. The van der Waals surface area contributed by atoms with Gasteiger partial charge in [0.15, 0.2) is 5.78 Å². The molecule has 0 spiro atoms. The summed E-state index contributed by atoms with van der Waals surface area (Å²) >= 11 is 0. The number of carbonyl (C=O) groups is 1. The van der Waals surface area contributed by atoms with Gasteiger partial charge in [-0.15, -0.1) is 0 Å². The standard InChI is InChI=1S/C23H46O4/c1-4-7-10-11-12-13-14-15-16-17-20(24)21(25)22(26)23(27,18-8-5-2)19-9-6-3/h21-22,25-27H,4-19H2,1-3H3. The van der Waals surface area contributed by atoms with Gasteiger partial charge < -0.3 is 15.3 Å². The summed E-state index contributed by atoms with van der Waals surface area (Å²) in [4.78, 5) is 12.3. The Hall–Kier alpha value is -0.450. The second kappa shape index (κ2) is 16.5. The molecule has 0 rings (SSSR count). The Morgan fingerprint density at radius 2 is 1.11 bits per heavy atom. The number of aliphatic hydroxyl groups excluding tert-OH is 2. The lowest BCUT2D eigenvalue weighted by Gasteiger charge is -2.35. The van der Waals surface area contributed by atoms with E-state index in [0.29, 0.717) is 12.8 Å². The van der Waals surface area contributed by atoms with E-state index in [1.807, 2.05) is 13.8 Å². The third kappa shape index (κ3) is 11.9. The van der Waals surface area contributed by atoms with Gasteiger partial charge in [-0.3, -0.25) is 4.79 Å². The number of Topliss-reactive ketones (excluding diaryl/α,β-unsaturated/α-hetero) is 1. The fourth-order valence-corrected chi connectivity index (χ4v) is 3.61. The Kier molecular flexibility index (Phi) is 16.2. The molecule has 0 radical (unpaired) electrons. The number of aliphatic hydroxyl groups is 3. The highest BCUT2D eigenvalue weighted by atomic mass is 16.4. The Morgan fingerprint density at radius 3 is 1.56 bits per heavy atom. The number of rotatable bonds is 19. The minimum absolute atomic E-state index is 0.283. The SMILES string of the molecule is CCCCCCCCCCCC(=O)C(O)C(O)C(O)(CCCC)CCCC. The highest BCUT2D eigenvalue weighted by molar-refractivity contribution is 5.83. The molecule has 0 bridgehead atoms. The van der Waals surface area contributed by atoms with E-state index in [-0.39, 0.29) is 12.2 Å². The van der Waals surface area contributed by atoms with Crippen LogP contribution in [0.4, 0.5) is 0 Å². The number of hydrogen-bond acceptors (Lipinski definition) is 4. The Balaban J connectivity index is 4.19. The molecule has 0 aromatic carbocycles. The van der Waals surface area contributed by atoms with Crippen LogP contribution in [0.1, 0.15) is 124 Å². The molecule has 162 valence electrons. The maximum absolute atomic E-state index is 12.3. The van der Waals surface area contributed by atoms with Gasteiger partial charge in [0, 0.05) is 6.42 Å². The van der Waals surface area contributed by atoms with Crippen LogP contribution in [0.5, 0.6) is 0 Å². The molecule has 0 heterocycles. The minimum atomic E-state index is -1.47. The molecule has 0 saturated heterocycles. The van der Waals surface area contributed by atoms with Crippen molar-refractivity contribution in [3.05, 3.63) is 0 Å². The van der Waals surface area contributed by atoms with Gasteiger partial charge in [-0.2, -0.15) is 0 Å². The minimum Gasteiger partial charge on any atom is -0.387 e. The molecule has 2 atom stereocenters. The van der Waals surface area contributed by atoms with E-state index in [9.17, 15) is 20.1 Å². The average molecular weight is 387 g/mol.